The fourth-order valence-electron chi connectivity index (χ4n) is 3.29. The van der Waals surface area contributed by atoms with Crippen LogP contribution in [0.5, 0.6) is 11.5 Å². The fourth-order valence-corrected chi connectivity index (χ4v) is 4.52. The van der Waals surface area contributed by atoms with Gasteiger partial charge in [-0.05, 0) is 43.0 Å². The quantitative estimate of drug-likeness (QED) is 0.900. The van der Waals surface area contributed by atoms with E-state index < -0.39 is 0 Å². The van der Waals surface area contributed by atoms with E-state index in [-0.39, 0.29) is 24.5 Å². The zero-order valence-electron chi connectivity index (χ0n) is 14.7. The minimum atomic E-state index is -0.0927. The van der Waals surface area contributed by atoms with Crippen LogP contribution >= 0.6 is 11.3 Å². The number of thiophene rings is 1. The topological polar surface area (TPSA) is 67.9 Å². The molecule has 2 aromatic rings. The van der Waals surface area contributed by atoms with Crippen molar-refractivity contribution in [2.75, 3.05) is 26.2 Å². The van der Waals surface area contributed by atoms with Crippen LogP contribution in [0.3, 0.4) is 0 Å². The van der Waals surface area contributed by atoms with Gasteiger partial charge in [0.15, 0.2) is 11.5 Å². The van der Waals surface area contributed by atoms with Crippen LogP contribution in [0, 0.1) is 5.92 Å². The van der Waals surface area contributed by atoms with Gasteiger partial charge in [0.1, 0.15) is 0 Å². The summed E-state index contributed by atoms with van der Waals surface area (Å²) in [5.74, 6) is 1.27. The number of carbonyl (C=O) groups excluding carboxylic acids is 2. The van der Waals surface area contributed by atoms with E-state index in [4.69, 9.17) is 9.47 Å². The largest absolute Gasteiger partial charge is 0.454 e. The molecule has 1 aliphatic carbocycles. The smallest absolute Gasteiger partial charge is 0.263 e. The molecule has 2 amide bonds. The van der Waals surface area contributed by atoms with Crippen molar-refractivity contribution in [1.29, 1.82) is 0 Å². The van der Waals surface area contributed by atoms with Crippen molar-refractivity contribution in [3.05, 3.63) is 39.6 Å². The van der Waals surface area contributed by atoms with Crippen LogP contribution in [0.1, 0.15) is 26.5 Å². The van der Waals surface area contributed by atoms with E-state index in [9.17, 15) is 9.59 Å². The van der Waals surface area contributed by atoms with Crippen LogP contribution in [0.15, 0.2) is 24.3 Å². The lowest BCUT2D eigenvalue weighted by molar-refractivity contribution is -0.120. The van der Waals surface area contributed by atoms with Gasteiger partial charge in [0.25, 0.3) is 5.91 Å². The van der Waals surface area contributed by atoms with E-state index in [2.05, 4.69) is 5.32 Å². The molecule has 6 nitrogen and oxygen atoms in total. The first-order valence-corrected chi connectivity index (χ1v) is 9.36. The molecular weight excluding hydrogens is 352 g/mol. The van der Waals surface area contributed by atoms with Crippen molar-refractivity contribution in [2.45, 2.75) is 19.3 Å². The second-order valence-electron chi connectivity index (χ2n) is 6.76. The average Bonchev–Trinajstić information content (AvgIpc) is 3.26. The Morgan fingerprint density at radius 3 is 2.81 bits per heavy atom. The highest BCUT2D eigenvalue weighted by Gasteiger charge is 2.28. The van der Waals surface area contributed by atoms with Crippen molar-refractivity contribution in [3.8, 4) is 11.5 Å². The Hall–Kier alpha value is -2.54. The number of nitrogens with zero attached hydrogens (tertiary/aromatic N) is 1. The maximum atomic E-state index is 12.7. The molecule has 7 heteroatoms. The summed E-state index contributed by atoms with van der Waals surface area (Å²) in [6, 6.07) is 7.35. The number of hydrogen-bond acceptors (Lipinski definition) is 5. The standard InChI is InChI=1S/C19H20N2O4S/c1-21(2)19(23)17-8-12-7-11(3-6-16(12)26-17)18(22)20-13-4-5-14-15(9-13)25-10-24-14/h4-5,8-9,11H,3,6-7,10H2,1-2H3,(H,20,22). The SMILES string of the molecule is CN(C)C(=O)c1cc2c(s1)CCC(C(=O)Nc1ccc3c(c1)OCO3)C2. The zero-order valence-corrected chi connectivity index (χ0v) is 15.5. The second kappa shape index (κ2) is 6.64. The van der Waals surface area contributed by atoms with Gasteiger partial charge in [-0.3, -0.25) is 9.59 Å². The van der Waals surface area contributed by atoms with Gasteiger partial charge in [0.05, 0.1) is 4.88 Å². The number of nitrogens with one attached hydrogen (secondary N) is 1. The van der Waals surface area contributed by atoms with Gasteiger partial charge in [-0.2, -0.15) is 0 Å². The molecule has 1 N–H and O–H groups in total. The van der Waals surface area contributed by atoms with Crippen LogP contribution in [0.4, 0.5) is 5.69 Å². The first-order valence-electron chi connectivity index (χ1n) is 8.55. The molecule has 1 atom stereocenters. The average molecular weight is 372 g/mol. The predicted molar refractivity (Wildman–Crippen MR) is 99.0 cm³/mol. The molecule has 0 spiro atoms. The van der Waals surface area contributed by atoms with Gasteiger partial charge < -0.3 is 19.7 Å². The summed E-state index contributed by atoms with van der Waals surface area (Å²) in [6.07, 6.45) is 2.29. The third-order valence-electron chi connectivity index (χ3n) is 4.71. The summed E-state index contributed by atoms with van der Waals surface area (Å²) in [5, 5.41) is 2.97. The third-order valence-corrected chi connectivity index (χ3v) is 5.94. The second-order valence-corrected chi connectivity index (χ2v) is 7.89. The van der Waals surface area contributed by atoms with Crippen LogP contribution in [0.2, 0.25) is 0 Å². The number of hydrogen-bond donors (Lipinski definition) is 1. The normalized spacial score (nSPS) is 17.5. The Balaban J connectivity index is 1.45. The molecule has 136 valence electrons. The minimum absolute atomic E-state index is 0.00111. The van der Waals surface area contributed by atoms with Crippen LogP contribution in [-0.4, -0.2) is 37.6 Å². The molecular formula is C19H20N2O4S. The van der Waals surface area contributed by atoms with Crippen LogP contribution < -0.4 is 14.8 Å². The lowest BCUT2D eigenvalue weighted by Crippen LogP contribution is -2.27. The van der Waals surface area contributed by atoms with Crippen molar-refractivity contribution >= 4 is 28.8 Å². The highest BCUT2D eigenvalue weighted by molar-refractivity contribution is 7.14. The van der Waals surface area contributed by atoms with Gasteiger partial charge in [-0.15, -0.1) is 11.3 Å². The highest BCUT2D eigenvalue weighted by atomic mass is 32.1. The molecule has 4 rings (SSSR count). The summed E-state index contributed by atoms with van der Waals surface area (Å²) in [4.78, 5) is 28.4. The molecule has 26 heavy (non-hydrogen) atoms. The molecule has 1 unspecified atom stereocenters. The highest BCUT2D eigenvalue weighted by Crippen LogP contribution is 2.36. The number of aryl methyl sites for hydroxylation is 1. The summed E-state index contributed by atoms with van der Waals surface area (Å²) >= 11 is 1.55. The van der Waals surface area contributed by atoms with Crippen molar-refractivity contribution in [1.82, 2.24) is 4.90 Å². The molecule has 0 bridgehead atoms. The molecule has 2 heterocycles. The lowest BCUT2D eigenvalue weighted by Gasteiger charge is -2.21. The van der Waals surface area contributed by atoms with Gasteiger partial charge in [0, 0.05) is 36.6 Å². The number of ether oxygens (including phenoxy) is 2. The Labute approximate surface area is 155 Å². The van der Waals surface area contributed by atoms with Crippen LogP contribution in [-0.2, 0) is 17.6 Å². The van der Waals surface area contributed by atoms with E-state index in [1.54, 1.807) is 42.5 Å². The maximum Gasteiger partial charge on any atom is 0.263 e. The van der Waals surface area contributed by atoms with Crippen molar-refractivity contribution in [2.24, 2.45) is 5.92 Å². The fraction of sp³-hybridized carbons (Fsp3) is 0.368. The Bertz CT molecular complexity index is 874. The predicted octanol–water partition coefficient (Wildman–Crippen LogP) is 2.92. The van der Waals surface area contributed by atoms with E-state index >= 15 is 0 Å². The Morgan fingerprint density at radius 2 is 2.00 bits per heavy atom. The molecule has 1 aromatic heterocycles. The monoisotopic (exact) mass is 372 g/mol. The number of anilines is 1. The minimum Gasteiger partial charge on any atom is -0.454 e. The van der Waals surface area contributed by atoms with Crippen molar-refractivity contribution in [3.63, 3.8) is 0 Å². The number of rotatable bonds is 3. The van der Waals surface area contributed by atoms with Gasteiger partial charge >= 0.3 is 0 Å². The Kier molecular flexibility index (Phi) is 4.32. The van der Waals surface area contributed by atoms with E-state index in [1.807, 2.05) is 12.1 Å². The first-order chi connectivity index (χ1) is 12.5. The first kappa shape index (κ1) is 16.9. The number of amides is 2. The molecule has 0 radical (unpaired) electrons. The van der Waals surface area contributed by atoms with E-state index in [0.29, 0.717) is 23.6 Å². The van der Waals surface area contributed by atoms with E-state index in [1.165, 1.54) is 4.88 Å². The molecule has 0 saturated heterocycles. The Morgan fingerprint density at radius 1 is 1.19 bits per heavy atom. The molecule has 1 aliphatic heterocycles. The maximum absolute atomic E-state index is 12.7. The number of benzene rings is 1. The van der Waals surface area contributed by atoms with Crippen LogP contribution in [0.25, 0.3) is 0 Å². The van der Waals surface area contributed by atoms with Gasteiger partial charge in [-0.1, -0.05) is 0 Å². The zero-order chi connectivity index (χ0) is 18.3. The number of fused-ring (bicyclic) bond motifs is 2. The summed E-state index contributed by atoms with van der Waals surface area (Å²) in [7, 11) is 3.51. The van der Waals surface area contributed by atoms with Gasteiger partial charge in [0.2, 0.25) is 12.7 Å². The summed E-state index contributed by atoms with van der Waals surface area (Å²) in [6.45, 7) is 0.213. The summed E-state index contributed by atoms with van der Waals surface area (Å²) in [5.41, 5.74) is 1.83. The molecule has 0 fully saturated rings. The lowest BCUT2D eigenvalue weighted by atomic mass is 9.87. The molecule has 2 aliphatic rings. The van der Waals surface area contributed by atoms with Crippen molar-refractivity contribution < 1.29 is 19.1 Å². The molecule has 0 saturated carbocycles. The molecule has 1 aromatic carbocycles. The van der Waals surface area contributed by atoms with E-state index in [0.717, 1.165) is 23.3 Å². The summed E-state index contributed by atoms with van der Waals surface area (Å²) < 4.78 is 10.6. The third kappa shape index (κ3) is 3.14. The van der Waals surface area contributed by atoms with Gasteiger partial charge in [-0.25, -0.2) is 0 Å². The number of carbonyl (C=O) groups is 2.